The molecule has 2 aromatic carbocycles. The van der Waals surface area contributed by atoms with E-state index in [1.165, 1.54) is 11.6 Å². The van der Waals surface area contributed by atoms with Gasteiger partial charge in [-0.3, -0.25) is 0 Å². The zero-order valence-electron chi connectivity index (χ0n) is 11.0. The second-order valence-corrected chi connectivity index (χ2v) is 4.95. The molecule has 5 heteroatoms. The smallest absolute Gasteiger partial charge is 0.338 e. The Morgan fingerprint density at radius 1 is 1.14 bits per heavy atom. The molecule has 3 aromatic rings. The van der Waals surface area contributed by atoms with Crippen LogP contribution in [-0.2, 0) is 18.0 Å². The number of hydrogen-bond acceptors (Lipinski definition) is 4. The molecule has 0 amide bonds. The molecule has 0 bridgehead atoms. The Morgan fingerprint density at radius 3 is 2.86 bits per heavy atom. The minimum absolute atomic E-state index is 0.145. The van der Waals surface area contributed by atoms with E-state index in [4.69, 9.17) is 9.15 Å². The number of para-hydroxylation sites is 1. The number of carboxylic acid groups (broad SMARTS) is 1. The normalized spacial score (nSPS) is 13.5. The zero-order valence-corrected chi connectivity index (χ0v) is 11.0. The van der Waals surface area contributed by atoms with Gasteiger partial charge in [0.15, 0.2) is 5.58 Å². The van der Waals surface area contributed by atoms with Crippen molar-refractivity contribution in [2.75, 3.05) is 0 Å². The van der Waals surface area contributed by atoms with E-state index in [9.17, 15) is 9.90 Å². The molecule has 0 unspecified atom stereocenters. The lowest BCUT2D eigenvalue weighted by Gasteiger charge is -1.99. The van der Waals surface area contributed by atoms with Crippen molar-refractivity contribution >= 4 is 17.1 Å². The number of hydrogen-bond donors (Lipinski definition) is 1. The molecule has 1 N–H and O–H groups in total. The molecule has 0 radical (unpaired) electrons. The summed E-state index contributed by atoms with van der Waals surface area (Å²) < 4.78 is 11.1. The van der Waals surface area contributed by atoms with E-state index in [-0.39, 0.29) is 5.56 Å². The van der Waals surface area contributed by atoms with Gasteiger partial charge in [-0.2, -0.15) is 0 Å². The average molecular weight is 281 g/mol. The molecule has 5 nitrogen and oxygen atoms in total. The molecule has 0 saturated heterocycles. The van der Waals surface area contributed by atoms with Gasteiger partial charge >= 0.3 is 5.97 Å². The molecule has 4 rings (SSSR count). The maximum atomic E-state index is 11.2. The number of aromatic carboxylic acids is 1. The molecule has 0 saturated carbocycles. The van der Waals surface area contributed by atoms with Gasteiger partial charge in [0.2, 0.25) is 5.89 Å². The summed E-state index contributed by atoms with van der Waals surface area (Å²) in [6, 6.07) is 10.8. The highest BCUT2D eigenvalue weighted by molar-refractivity contribution is 6.00. The van der Waals surface area contributed by atoms with Crippen LogP contribution in [0.5, 0.6) is 0 Å². The number of carboxylic acids is 1. The summed E-state index contributed by atoms with van der Waals surface area (Å²) in [6.07, 6.45) is 0. The monoisotopic (exact) mass is 281 g/mol. The Bertz CT molecular complexity index is 866. The number of carbonyl (C=O) groups is 1. The first-order valence-electron chi connectivity index (χ1n) is 6.55. The summed E-state index contributed by atoms with van der Waals surface area (Å²) in [7, 11) is 0. The van der Waals surface area contributed by atoms with Crippen molar-refractivity contribution in [1.82, 2.24) is 4.98 Å². The highest BCUT2D eigenvalue weighted by Crippen LogP contribution is 2.29. The van der Waals surface area contributed by atoms with Crippen LogP contribution in [0.3, 0.4) is 0 Å². The summed E-state index contributed by atoms with van der Waals surface area (Å²) in [5.41, 5.74) is 4.10. The van der Waals surface area contributed by atoms with Gasteiger partial charge in [0, 0.05) is 5.56 Å². The summed E-state index contributed by atoms with van der Waals surface area (Å²) in [5.74, 6) is -0.587. The third-order valence-corrected chi connectivity index (χ3v) is 3.62. The molecule has 1 aliphatic heterocycles. The first-order chi connectivity index (χ1) is 10.2. The molecule has 0 fully saturated rings. The minimum atomic E-state index is -1.01. The maximum absolute atomic E-state index is 11.2. The Labute approximate surface area is 119 Å². The summed E-state index contributed by atoms with van der Waals surface area (Å²) in [5, 5.41) is 9.19. The van der Waals surface area contributed by atoms with Crippen molar-refractivity contribution in [3.8, 4) is 11.5 Å². The lowest BCUT2D eigenvalue weighted by atomic mass is 10.1. The number of ether oxygens (including phenoxy) is 1. The second kappa shape index (κ2) is 4.43. The fourth-order valence-corrected chi connectivity index (χ4v) is 2.55. The highest BCUT2D eigenvalue weighted by atomic mass is 16.5. The number of rotatable bonds is 2. The largest absolute Gasteiger partial charge is 0.478 e. The van der Waals surface area contributed by atoms with Gasteiger partial charge < -0.3 is 14.3 Å². The van der Waals surface area contributed by atoms with Crippen LogP contribution in [-0.4, -0.2) is 16.1 Å². The van der Waals surface area contributed by atoms with Crippen molar-refractivity contribution in [2.24, 2.45) is 0 Å². The third kappa shape index (κ3) is 1.90. The molecule has 1 aromatic heterocycles. The van der Waals surface area contributed by atoms with Crippen molar-refractivity contribution in [3.05, 3.63) is 53.1 Å². The van der Waals surface area contributed by atoms with Gasteiger partial charge in [0.25, 0.3) is 0 Å². The van der Waals surface area contributed by atoms with Crippen LogP contribution < -0.4 is 0 Å². The number of benzene rings is 2. The van der Waals surface area contributed by atoms with Crippen molar-refractivity contribution in [1.29, 1.82) is 0 Å². The van der Waals surface area contributed by atoms with Crippen LogP contribution in [0.2, 0.25) is 0 Å². The first kappa shape index (κ1) is 12.1. The Hall–Kier alpha value is -2.66. The van der Waals surface area contributed by atoms with Crippen LogP contribution in [0.1, 0.15) is 21.5 Å². The molecular formula is C16H11NO4. The van der Waals surface area contributed by atoms with Gasteiger partial charge in [0.05, 0.1) is 18.8 Å². The molecule has 104 valence electrons. The van der Waals surface area contributed by atoms with Gasteiger partial charge in [0.1, 0.15) is 5.52 Å². The first-order valence-corrected chi connectivity index (χ1v) is 6.55. The van der Waals surface area contributed by atoms with Crippen LogP contribution in [0.4, 0.5) is 0 Å². The fraction of sp³-hybridized carbons (Fsp3) is 0.125. The molecule has 0 atom stereocenters. The van der Waals surface area contributed by atoms with Gasteiger partial charge in [-0.25, -0.2) is 9.78 Å². The van der Waals surface area contributed by atoms with Crippen molar-refractivity contribution < 1.29 is 19.1 Å². The summed E-state index contributed by atoms with van der Waals surface area (Å²) in [6.45, 7) is 1.22. The molecule has 0 spiro atoms. The predicted molar refractivity (Wildman–Crippen MR) is 74.9 cm³/mol. The summed E-state index contributed by atoms with van der Waals surface area (Å²) in [4.78, 5) is 15.6. The van der Waals surface area contributed by atoms with Crippen LogP contribution in [0.25, 0.3) is 22.6 Å². The lowest BCUT2D eigenvalue weighted by molar-refractivity contribution is 0.0699. The molecule has 2 heterocycles. The van der Waals surface area contributed by atoms with Crippen molar-refractivity contribution in [3.63, 3.8) is 0 Å². The molecular weight excluding hydrogens is 270 g/mol. The zero-order chi connectivity index (χ0) is 14.4. The fourth-order valence-electron chi connectivity index (χ4n) is 2.55. The van der Waals surface area contributed by atoms with Gasteiger partial charge in [-0.15, -0.1) is 0 Å². The average Bonchev–Trinajstić information content (AvgIpc) is 3.11. The van der Waals surface area contributed by atoms with E-state index in [2.05, 4.69) is 4.98 Å². The van der Waals surface area contributed by atoms with Gasteiger partial charge in [-0.05, 0) is 35.4 Å². The van der Waals surface area contributed by atoms with Crippen LogP contribution in [0, 0.1) is 0 Å². The molecule has 0 aliphatic carbocycles. The lowest BCUT2D eigenvalue weighted by Crippen LogP contribution is -1.96. The SMILES string of the molecule is O=C(O)c1cccc2oc(-c3ccc4c(c3)COC4)nc12. The number of fused-ring (bicyclic) bond motifs is 2. The number of aromatic nitrogens is 1. The van der Waals surface area contributed by atoms with E-state index < -0.39 is 5.97 Å². The van der Waals surface area contributed by atoms with Crippen LogP contribution in [0.15, 0.2) is 40.8 Å². The minimum Gasteiger partial charge on any atom is -0.478 e. The van der Waals surface area contributed by atoms with Crippen molar-refractivity contribution in [2.45, 2.75) is 13.2 Å². The number of nitrogens with zero attached hydrogens (tertiary/aromatic N) is 1. The van der Waals surface area contributed by atoms with E-state index in [0.717, 1.165) is 11.1 Å². The Kier molecular flexibility index (Phi) is 2.55. The molecule has 1 aliphatic rings. The Balaban J connectivity index is 1.87. The summed E-state index contributed by atoms with van der Waals surface area (Å²) >= 11 is 0. The second-order valence-electron chi connectivity index (χ2n) is 4.95. The van der Waals surface area contributed by atoms with E-state index in [1.54, 1.807) is 12.1 Å². The third-order valence-electron chi connectivity index (χ3n) is 3.62. The molecule has 21 heavy (non-hydrogen) atoms. The standard InChI is InChI=1S/C16H11NO4/c18-16(19)12-2-1-3-13-14(12)17-15(21-13)9-4-5-10-7-20-8-11(10)6-9/h1-6H,7-8H2,(H,18,19). The highest BCUT2D eigenvalue weighted by Gasteiger charge is 2.17. The van der Waals surface area contributed by atoms with E-state index in [0.29, 0.717) is 30.2 Å². The van der Waals surface area contributed by atoms with E-state index >= 15 is 0 Å². The van der Waals surface area contributed by atoms with Crippen LogP contribution >= 0.6 is 0 Å². The number of oxazole rings is 1. The predicted octanol–water partition coefficient (Wildman–Crippen LogP) is 3.22. The van der Waals surface area contributed by atoms with Gasteiger partial charge in [-0.1, -0.05) is 12.1 Å². The maximum Gasteiger partial charge on any atom is 0.338 e. The quantitative estimate of drug-likeness (QED) is 0.780. The van der Waals surface area contributed by atoms with E-state index in [1.807, 2.05) is 18.2 Å². The Morgan fingerprint density at radius 2 is 2.00 bits per heavy atom. The topological polar surface area (TPSA) is 72.6 Å².